The molecule has 98 valence electrons. The van der Waals surface area contributed by atoms with E-state index in [1.807, 2.05) is 6.92 Å². The standard InChI is InChI=1S/C13H16BrFN2O/c1-8(11-5-2-9(14)6-12(11)15)16-7-13(18)17-10-3-4-10/h2,5-6,8,10,16H,3-4,7H2,1H3,(H,17,18). The Labute approximate surface area is 114 Å². The van der Waals surface area contributed by atoms with Crippen LogP contribution in [0.15, 0.2) is 22.7 Å². The molecule has 0 aromatic heterocycles. The van der Waals surface area contributed by atoms with Crippen LogP contribution < -0.4 is 10.6 Å². The number of hydrogen-bond donors (Lipinski definition) is 2. The summed E-state index contributed by atoms with van der Waals surface area (Å²) >= 11 is 3.22. The molecule has 1 amide bonds. The molecule has 3 nitrogen and oxygen atoms in total. The third kappa shape index (κ3) is 3.78. The number of benzene rings is 1. The van der Waals surface area contributed by atoms with Crippen LogP contribution in [0.4, 0.5) is 4.39 Å². The zero-order chi connectivity index (χ0) is 13.1. The highest BCUT2D eigenvalue weighted by Gasteiger charge is 2.23. The lowest BCUT2D eigenvalue weighted by atomic mass is 10.1. The van der Waals surface area contributed by atoms with Gasteiger partial charge in [0.25, 0.3) is 0 Å². The molecule has 1 unspecified atom stereocenters. The number of carbonyl (C=O) groups excluding carboxylic acids is 1. The average molecular weight is 315 g/mol. The molecule has 1 aromatic carbocycles. The van der Waals surface area contributed by atoms with Gasteiger partial charge in [-0.25, -0.2) is 4.39 Å². The van der Waals surface area contributed by atoms with E-state index in [9.17, 15) is 9.18 Å². The molecular formula is C13H16BrFN2O. The predicted molar refractivity (Wildman–Crippen MR) is 71.7 cm³/mol. The summed E-state index contributed by atoms with van der Waals surface area (Å²) in [4.78, 5) is 11.5. The van der Waals surface area contributed by atoms with Gasteiger partial charge in [0.05, 0.1) is 6.54 Å². The molecule has 1 aromatic rings. The van der Waals surface area contributed by atoms with Crippen molar-refractivity contribution < 1.29 is 9.18 Å². The second-order valence-corrected chi connectivity index (χ2v) is 5.53. The van der Waals surface area contributed by atoms with Crippen molar-refractivity contribution in [3.63, 3.8) is 0 Å². The first-order valence-corrected chi connectivity index (χ1v) is 6.83. The van der Waals surface area contributed by atoms with Crippen molar-refractivity contribution in [1.82, 2.24) is 10.6 Å². The predicted octanol–water partition coefficient (Wildman–Crippen LogP) is 2.52. The Balaban J connectivity index is 1.86. The van der Waals surface area contributed by atoms with E-state index in [2.05, 4.69) is 26.6 Å². The molecule has 0 radical (unpaired) electrons. The van der Waals surface area contributed by atoms with Crippen LogP contribution in [0.25, 0.3) is 0 Å². The number of halogens is 2. The molecular weight excluding hydrogens is 299 g/mol. The van der Waals surface area contributed by atoms with E-state index in [-0.39, 0.29) is 24.3 Å². The van der Waals surface area contributed by atoms with Gasteiger partial charge in [-0.3, -0.25) is 4.79 Å². The van der Waals surface area contributed by atoms with E-state index >= 15 is 0 Å². The van der Waals surface area contributed by atoms with Crippen molar-refractivity contribution in [3.05, 3.63) is 34.1 Å². The fraction of sp³-hybridized carbons (Fsp3) is 0.462. The lowest BCUT2D eigenvalue weighted by molar-refractivity contribution is -0.120. The molecule has 0 bridgehead atoms. The molecule has 1 aliphatic rings. The normalized spacial score (nSPS) is 16.4. The molecule has 1 aliphatic carbocycles. The van der Waals surface area contributed by atoms with Crippen LogP contribution in [-0.2, 0) is 4.79 Å². The minimum atomic E-state index is -0.271. The van der Waals surface area contributed by atoms with Crippen LogP contribution in [0, 0.1) is 5.82 Å². The zero-order valence-corrected chi connectivity index (χ0v) is 11.8. The summed E-state index contributed by atoms with van der Waals surface area (Å²) in [5.74, 6) is -0.297. The van der Waals surface area contributed by atoms with Crippen LogP contribution in [0.3, 0.4) is 0 Å². The van der Waals surface area contributed by atoms with Crippen LogP contribution in [0.2, 0.25) is 0 Å². The average Bonchev–Trinajstić information content (AvgIpc) is 3.10. The molecule has 18 heavy (non-hydrogen) atoms. The van der Waals surface area contributed by atoms with Gasteiger partial charge in [-0.2, -0.15) is 0 Å². The summed E-state index contributed by atoms with van der Waals surface area (Å²) in [7, 11) is 0. The third-order valence-corrected chi connectivity index (χ3v) is 3.43. The minimum absolute atomic E-state index is 0.0260. The van der Waals surface area contributed by atoms with Crippen molar-refractivity contribution >= 4 is 21.8 Å². The number of nitrogens with one attached hydrogen (secondary N) is 2. The molecule has 2 rings (SSSR count). The number of hydrogen-bond acceptors (Lipinski definition) is 2. The second-order valence-electron chi connectivity index (χ2n) is 4.61. The number of amides is 1. The van der Waals surface area contributed by atoms with Crippen LogP contribution in [0.1, 0.15) is 31.4 Å². The third-order valence-electron chi connectivity index (χ3n) is 2.94. The molecule has 1 saturated carbocycles. The molecule has 0 spiro atoms. The first kappa shape index (κ1) is 13.5. The van der Waals surface area contributed by atoms with Crippen molar-refractivity contribution in [2.45, 2.75) is 31.8 Å². The van der Waals surface area contributed by atoms with Crippen molar-refractivity contribution in [2.75, 3.05) is 6.54 Å². The van der Waals surface area contributed by atoms with Gasteiger partial charge >= 0.3 is 0 Å². The van der Waals surface area contributed by atoms with E-state index in [0.29, 0.717) is 16.1 Å². The fourth-order valence-corrected chi connectivity index (χ4v) is 2.05. The molecule has 0 aliphatic heterocycles. The van der Waals surface area contributed by atoms with Gasteiger partial charge < -0.3 is 10.6 Å². The Kier molecular flexibility index (Phi) is 4.35. The summed E-state index contributed by atoms with van der Waals surface area (Å²) < 4.78 is 14.4. The SMILES string of the molecule is CC(NCC(=O)NC1CC1)c1ccc(Br)cc1F. The summed E-state index contributed by atoms with van der Waals surface area (Å²) in [6.45, 7) is 2.06. The smallest absolute Gasteiger partial charge is 0.234 e. The van der Waals surface area contributed by atoms with Gasteiger partial charge in [0.2, 0.25) is 5.91 Å². The van der Waals surface area contributed by atoms with Gasteiger partial charge in [0, 0.05) is 22.1 Å². The first-order chi connectivity index (χ1) is 8.56. The van der Waals surface area contributed by atoms with Gasteiger partial charge in [-0.15, -0.1) is 0 Å². The van der Waals surface area contributed by atoms with Crippen molar-refractivity contribution in [1.29, 1.82) is 0 Å². The second kappa shape index (κ2) is 5.80. The van der Waals surface area contributed by atoms with Crippen molar-refractivity contribution in [2.24, 2.45) is 0 Å². The Morgan fingerprint density at radius 1 is 1.56 bits per heavy atom. The van der Waals surface area contributed by atoms with Gasteiger partial charge in [0.15, 0.2) is 0 Å². The Bertz CT molecular complexity index is 449. The Morgan fingerprint density at radius 3 is 2.89 bits per heavy atom. The lowest BCUT2D eigenvalue weighted by Gasteiger charge is -2.15. The van der Waals surface area contributed by atoms with Crippen LogP contribution in [0.5, 0.6) is 0 Å². The first-order valence-electron chi connectivity index (χ1n) is 6.04. The van der Waals surface area contributed by atoms with E-state index < -0.39 is 0 Å². The van der Waals surface area contributed by atoms with E-state index in [1.165, 1.54) is 6.07 Å². The largest absolute Gasteiger partial charge is 0.352 e. The van der Waals surface area contributed by atoms with Crippen LogP contribution in [-0.4, -0.2) is 18.5 Å². The highest BCUT2D eigenvalue weighted by molar-refractivity contribution is 9.10. The maximum Gasteiger partial charge on any atom is 0.234 e. The summed E-state index contributed by atoms with van der Waals surface area (Å²) in [6, 6.07) is 5.11. The number of carbonyl (C=O) groups is 1. The molecule has 1 atom stereocenters. The molecule has 1 fully saturated rings. The summed E-state index contributed by atoms with van der Waals surface area (Å²) in [5, 5.41) is 5.91. The summed E-state index contributed by atoms with van der Waals surface area (Å²) in [6.07, 6.45) is 2.14. The fourth-order valence-electron chi connectivity index (χ4n) is 1.71. The van der Waals surface area contributed by atoms with Gasteiger partial charge in [-0.05, 0) is 31.9 Å². The maximum atomic E-state index is 13.7. The van der Waals surface area contributed by atoms with E-state index in [1.54, 1.807) is 12.1 Å². The van der Waals surface area contributed by atoms with Gasteiger partial charge in [0.1, 0.15) is 5.82 Å². The van der Waals surface area contributed by atoms with Crippen molar-refractivity contribution in [3.8, 4) is 0 Å². The van der Waals surface area contributed by atoms with Gasteiger partial charge in [-0.1, -0.05) is 22.0 Å². The quantitative estimate of drug-likeness (QED) is 0.877. The minimum Gasteiger partial charge on any atom is -0.352 e. The molecule has 0 heterocycles. The monoisotopic (exact) mass is 314 g/mol. The maximum absolute atomic E-state index is 13.7. The van der Waals surface area contributed by atoms with Crippen LogP contribution >= 0.6 is 15.9 Å². The van der Waals surface area contributed by atoms with E-state index in [0.717, 1.165) is 12.8 Å². The highest BCUT2D eigenvalue weighted by Crippen LogP contribution is 2.21. The lowest BCUT2D eigenvalue weighted by Crippen LogP contribution is -2.36. The summed E-state index contributed by atoms with van der Waals surface area (Å²) in [5.41, 5.74) is 0.567. The Hall–Kier alpha value is -0.940. The molecule has 5 heteroatoms. The zero-order valence-electron chi connectivity index (χ0n) is 10.2. The molecule has 0 saturated heterocycles. The Morgan fingerprint density at radius 2 is 2.28 bits per heavy atom. The highest BCUT2D eigenvalue weighted by atomic mass is 79.9. The topological polar surface area (TPSA) is 41.1 Å². The molecule has 2 N–H and O–H groups in total. The van der Waals surface area contributed by atoms with E-state index in [4.69, 9.17) is 0 Å². The number of rotatable bonds is 5.